The maximum atomic E-state index is 12.3. The number of aryl methyl sites for hydroxylation is 1. The van der Waals surface area contributed by atoms with E-state index in [0.29, 0.717) is 9.90 Å². The van der Waals surface area contributed by atoms with Crippen molar-refractivity contribution < 1.29 is 8.42 Å². The zero-order valence-corrected chi connectivity index (χ0v) is 15.3. The van der Waals surface area contributed by atoms with Gasteiger partial charge in [-0.2, -0.15) is 0 Å². The van der Waals surface area contributed by atoms with Gasteiger partial charge in [-0.1, -0.05) is 0 Å². The van der Waals surface area contributed by atoms with Gasteiger partial charge in [-0.3, -0.25) is 4.72 Å². The molecule has 5 nitrogen and oxygen atoms in total. The van der Waals surface area contributed by atoms with Crippen molar-refractivity contribution in [3.8, 4) is 0 Å². The Morgan fingerprint density at radius 1 is 1.04 bits per heavy atom. The molecule has 0 saturated heterocycles. The molecular weight excluding hydrogens is 330 g/mol. The lowest BCUT2D eigenvalue weighted by Crippen LogP contribution is -2.16. The monoisotopic (exact) mass is 353 g/mol. The van der Waals surface area contributed by atoms with Crippen molar-refractivity contribution in [2.45, 2.75) is 17.6 Å². The molecule has 0 unspecified atom stereocenters. The van der Waals surface area contributed by atoms with Crippen molar-refractivity contribution in [1.29, 1.82) is 0 Å². The predicted octanol–water partition coefficient (Wildman–Crippen LogP) is 3.22. The third kappa shape index (κ3) is 5.53. The summed E-state index contributed by atoms with van der Waals surface area (Å²) >= 11 is 1.27. The minimum absolute atomic E-state index is 0.334. The molecule has 0 saturated carbocycles. The summed E-state index contributed by atoms with van der Waals surface area (Å²) in [6.45, 7) is 3.81. The Balaban J connectivity index is 1.92. The summed E-state index contributed by atoms with van der Waals surface area (Å²) in [5.41, 5.74) is 1.55. The van der Waals surface area contributed by atoms with E-state index in [4.69, 9.17) is 0 Å². The van der Waals surface area contributed by atoms with Crippen LogP contribution in [0.5, 0.6) is 0 Å². The van der Waals surface area contributed by atoms with Gasteiger partial charge in [0.1, 0.15) is 4.21 Å². The van der Waals surface area contributed by atoms with Gasteiger partial charge < -0.3 is 10.2 Å². The third-order valence-corrected chi connectivity index (χ3v) is 6.10. The van der Waals surface area contributed by atoms with E-state index in [1.54, 1.807) is 24.3 Å². The van der Waals surface area contributed by atoms with Gasteiger partial charge in [0.05, 0.1) is 0 Å². The Hall–Kier alpha value is -1.57. The Labute approximate surface area is 142 Å². The van der Waals surface area contributed by atoms with Crippen molar-refractivity contribution in [1.82, 2.24) is 4.90 Å². The van der Waals surface area contributed by atoms with E-state index in [0.717, 1.165) is 30.1 Å². The van der Waals surface area contributed by atoms with E-state index in [9.17, 15) is 8.42 Å². The molecule has 0 aliphatic rings. The second-order valence-electron chi connectivity index (χ2n) is 5.63. The quantitative estimate of drug-likeness (QED) is 0.715. The summed E-state index contributed by atoms with van der Waals surface area (Å²) in [5, 5.41) is 3.32. The van der Waals surface area contributed by atoms with Crippen LogP contribution in [0.25, 0.3) is 0 Å². The lowest BCUT2D eigenvalue weighted by Gasteiger charge is -2.11. The molecule has 0 fully saturated rings. The summed E-state index contributed by atoms with van der Waals surface area (Å²) < 4.78 is 27.4. The fourth-order valence-electron chi connectivity index (χ4n) is 2.05. The summed E-state index contributed by atoms with van der Waals surface area (Å²) in [5.74, 6) is 0. The van der Waals surface area contributed by atoms with E-state index in [2.05, 4.69) is 29.0 Å². The maximum Gasteiger partial charge on any atom is 0.271 e. The lowest BCUT2D eigenvalue weighted by atomic mass is 10.3. The Morgan fingerprint density at radius 3 is 2.26 bits per heavy atom. The van der Waals surface area contributed by atoms with Crippen LogP contribution < -0.4 is 10.0 Å². The number of sulfonamides is 1. The van der Waals surface area contributed by atoms with Gasteiger partial charge in [-0.25, -0.2) is 8.42 Å². The van der Waals surface area contributed by atoms with Crippen LogP contribution in [0.3, 0.4) is 0 Å². The first-order valence-corrected chi connectivity index (χ1v) is 9.75. The highest BCUT2D eigenvalue weighted by Gasteiger charge is 2.16. The van der Waals surface area contributed by atoms with Crippen LogP contribution >= 0.6 is 11.3 Å². The van der Waals surface area contributed by atoms with Gasteiger partial charge in [0.25, 0.3) is 10.0 Å². The van der Waals surface area contributed by atoms with Crippen LogP contribution in [0, 0.1) is 6.92 Å². The zero-order chi connectivity index (χ0) is 16.9. The Kier molecular flexibility index (Phi) is 6.04. The molecule has 0 aliphatic heterocycles. The summed E-state index contributed by atoms with van der Waals surface area (Å²) in [7, 11) is 0.610. The highest BCUT2D eigenvalue weighted by Crippen LogP contribution is 2.24. The van der Waals surface area contributed by atoms with Gasteiger partial charge in [-0.15, -0.1) is 11.3 Å². The van der Waals surface area contributed by atoms with E-state index < -0.39 is 10.0 Å². The normalized spacial score (nSPS) is 11.7. The molecule has 0 amide bonds. The first kappa shape index (κ1) is 17.8. The average Bonchev–Trinajstić information content (AvgIpc) is 2.92. The van der Waals surface area contributed by atoms with Gasteiger partial charge >= 0.3 is 0 Å². The van der Waals surface area contributed by atoms with Crippen molar-refractivity contribution in [2.75, 3.05) is 37.2 Å². The van der Waals surface area contributed by atoms with E-state index in [1.165, 1.54) is 11.3 Å². The highest BCUT2D eigenvalue weighted by atomic mass is 32.2. The summed E-state index contributed by atoms with van der Waals surface area (Å²) in [6.07, 6.45) is 1.05. The fraction of sp³-hybridized carbons (Fsp3) is 0.375. The van der Waals surface area contributed by atoms with E-state index in [1.807, 2.05) is 19.1 Å². The van der Waals surface area contributed by atoms with Crippen LogP contribution in [-0.4, -0.2) is 40.5 Å². The van der Waals surface area contributed by atoms with E-state index >= 15 is 0 Å². The molecule has 1 aromatic carbocycles. The molecule has 0 atom stereocenters. The number of anilines is 2. The van der Waals surface area contributed by atoms with Crippen LogP contribution in [0.1, 0.15) is 11.3 Å². The predicted molar refractivity (Wildman–Crippen MR) is 98.0 cm³/mol. The zero-order valence-electron chi connectivity index (χ0n) is 13.7. The summed E-state index contributed by atoms with van der Waals surface area (Å²) in [4.78, 5) is 3.12. The average molecular weight is 354 g/mol. The molecule has 0 spiro atoms. The first-order chi connectivity index (χ1) is 10.9. The molecule has 0 radical (unpaired) electrons. The molecule has 7 heteroatoms. The molecule has 126 valence electrons. The van der Waals surface area contributed by atoms with Crippen LogP contribution in [-0.2, 0) is 10.0 Å². The number of hydrogen-bond acceptors (Lipinski definition) is 5. The van der Waals surface area contributed by atoms with Gasteiger partial charge in [-0.05, 0) is 70.4 Å². The molecule has 0 bridgehead atoms. The fourth-order valence-corrected chi connectivity index (χ4v) is 4.39. The van der Waals surface area contributed by atoms with Gasteiger partial charge in [0, 0.05) is 22.8 Å². The molecule has 0 aliphatic carbocycles. The minimum atomic E-state index is -3.49. The number of hydrogen-bond donors (Lipinski definition) is 2. The third-order valence-electron chi connectivity index (χ3n) is 3.23. The highest BCUT2D eigenvalue weighted by molar-refractivity contribution is 7.94. The SMILES string of the molecule is Cc1ccc(S(=O)(=O)Nc2ccc(NCCCN(C)C)cc2)s1. The number of rotatable bonds is 8. The Bertz CT molecular complexity index is 722. The van der Waals surface area contributed by atoms with Crippen LogP contribution in [0.2, 0.25) is 0 Å². The molecule has 2 N–H and O–H groups in total. The van der Waals surface area contributed by atoms with E-state index in [-0.39, 0.29) is 0 Å². The molecule has 2 rings (SSSR count). The number of nitrogens with zero attached hydrogens (tertiary/aromatic N) is 1. The topological polar surface area (TPSA) is 61.4 Å². The van der Waals surface area contributed by atoms with Crippen molar-refractivity contribution in [3.05, 3.63) is 41.3 Å². The number of thiophene rings is 1. The van der Waals surface area contributed by atoms with Crippen molar-refractivity contribution in [3.63, 3.8) is 0 Å². The van der Waals surface area contributed by atoms with Gasteiger partial charge in [0.2, 0.25) is 0 Å². The lowest BCUT2D eigenvalue weighted by molar-refractivity contribution is 0.405. The molecular formula is C16H23N3O2S2. The molecule has 2 aromatic rings. The Morgan fingerprint density at radius 2 is 1.70 bits per heavy atom. The maximum absolute atomic E-state index is 12.3. The molecule has 23 heavy (non-hydrogen) atoms. The second kappa shape index (κ2) is 7.81. The van der Waals surface area contributed by atoms with Crippen LogP contribution in [0.15, 0.2) is 40.6 Å². The molecule has 1 heterocycles. The number of nitrogens with one attached hydrogen (secondary N) is 2. The molecule has 1 aromatic heterocycles. The number of benzene rings is 1. The second-order valence-corrected chi connectivity index (χ2v) is 8.83. The van der Waals surface area contributed by atoms with Gasteiger partial charge in [0.15, 0.2) is 0 Å². The van der Waals surface area contributed by atoms with Crippen LogP contribution in [0.4, 0.5) is 11.4 Å². The largest absolute Gasteiger partial charge is 0.385 e. The summed E-state index contributed by atoms with van der Waals surface area (Å²) in [6, 6.07) is 10.7. The standard InChI is InChI=1S/C16H23N3O2S2/c1-13-5-10-16(22-13)23(20,21)18-15-8-6-14(7-9-15)17-11-4-12-19(2)3/h5-10,17-18H,4,11-12H2,1-3H3. The van der Waals surface area contributed by atoms with Crippen molar-refractivity contribution in [2.24, 2.45) is 0 Å². The first-order valence-electron chi connectivity index (χ1n) is 7.45. The smallest absolute Gasteiger partial charge is 0.271 e. The minimum Gasteiger partial charge on any atom is -0.385 e. The van der Waals surface area contributed by atoms with Crippen molar-refractivity contribution >= 4 is 32.7 Å².